The first kappa shape index (κ1) is 13.5. The van der Waals surface area contributed by atoms with Gasteiger partial charge < -0.3 is 5.32 Å². The van der Waals surface area contributed by atoms with Crippen molar-refractivity contribution >= 4 is 0 Å². The van der Waals surface area contributed by atoms with E-state index in [1.54, 1.807) is 0 Å². The normalized spacial score (nSPS) is 24.9. The zero-order chi connectivity index (χ0) is 13.1. The summed E-state index contributed by atoms with van der Waals surface area (Å²) in [7, 11) is 2.04. The fourth-order valence-electron chi connectivity index (χ4n) is 3.00. The van der Waals surface area contributed by atoms with Crippen LogP contribution in [0.5, 0.6) is 0 Å². The van der Waals surface area contributed by atoms with Crippen LogP contribution < -0.4 is 5.32 Å². The number of nitrogens with zero attached hydrogens (tertiary/aromatic N) is 2. The summed E-state index contributed by atoms with van der Waals surface area (Å²) in [5.41, 5.74) is 2.46. The lowest BCUT2D eigenvalue weighted by molar-refractivity contribution is 0.179. The highest BCUT2D eigenvalue weighted by Crippen LogP contribution is 2.37. The quantitative estimate of drug-likeness (QED) is 0.885. The molecule has 1 aliphatic heterocycles. The third-order valence-corrected chi connectivity index (χ3v) is 3.93. The third-order valence-electron chi connectivity index (χ3n) is 3.93. The summed E-state index contributed by atoms with van der Waals surface area (Å²) in [4.78, 5) is 7.24. The maximum absolute atomic E-state index is 4.66. The van der Waals surface area contributed by atoms with Crippen molar-refractivity contribution in [3.05, 3.63) is 29.6 Å². The Morgan fingerprint density at radius 3 is 2.78 bits per heavy atom. The van der Waals surface area contributed by atoms with Crippen molar-refractivity contribution in [2.75, 3.05) is 20.1 Å². The van der Waals surface area contributed by atoms with Crippen molar-refractivity contribution in [3.63, 3.8) is 0 Å². The molecule has 1 fully saturated rings. The number of hydrogen-bond acceptors (Lipinski definition) is 3. The van der Waals surface area contributed by atoms with Gasteiger partial charge in [-0.25, -0.2) is 0 Å². The number of aryl methyl sites for hydroxylation is 1. The van der Waals surface area contributed by atoms with Gasteiger partial charge in [0.15, 0.2) is 0 Å². The molecule has 18 heavy (non-hydrogen) atoms. The van der Waals surface area contributed by atoms with E-state index in [9.17, 15) is 0 Å². The number of aromatic nitrogens is 1. The molecule has 0 radical (unpaired) electrons. The van der Waals surface area contributed by atoms with Crippen molar-refractivity contribution in [3.8, 4) is 0 Å². The van der Waals surface area contributed by atoms with Gasteiger partial charge in [0.05, 0.1) is 11.7 Å². The van der Waals surface area contributed by atoms with E-state index in [0.29, 0.717) is 18.0 Å². The van der Waals surface area contributed by atoms with Crippen molar-refractivity contribution in [1.29, 1.82) is 0 Å². The molecule has 1 saturated heterocycles. The standard InChI is InChI=1S/C15H25N3/c1-11(2)18-8-7-13(10-16-4)15(18)14-6-5-12(3)9-17-14/h5-6,9,11,13,15-16H,7-8,10H2,1-4H3. The highest BCUT2D eigenvalue weighted by molar-refractivity contribution is 5.17. The molecular formula is C15H25N3. The minimum absolute atomic E-state index is 0.470. The molecule has 0 bridgehead atoms. The van der Waals surface area contributed by atoms with E-state index >= 15 is 0 Å². The summed E-state index contributed by atoms with van der Waals surface area (Å²) >= 11 is 0. The van der Waals surface area contributed by atoms with Gasteiger partial charge in [0.25, 0.3) is 0 Å². The molecule has 3 nitrogen and oxygen atoms in total. The third kappa shape index (κ3) is 2.73. The van der Waals surface area contributed by atoms with Gasteiger partial charge in [-0.3, -0.25) is 9.88 Å². The molecule has 0 aliphatic carbocycles. The second kappa shape index (κ2) is 5.81. The molecule has 0 aromatic carbocycles. The first-order valence-corrected chi connectivity index (χ1v) is 6.96. The Kier molecular flexibility index (Phi) is 4.36. The average Bonchev–Trinajstić information content (AvgIpc) is 2.75. The van der Waals surface area contributed by atoms with Crippen LogP contribution in [0.15, 0.2) is 18.3 Å². The minimum atomic E-state index is 0.470. The Hall–Kier alpha value is -0.930. The Morgan fingerprint density at radius 1 is 1.44 bits per heavy atom. The smallest absolute Gasteiger partial charge is 0.0579 e. The first-order valence-electron chi connectivity index (χ1n) is 6.96. The van der Waals surface area contributed by atoms with Crippen LogP contribution in [0.2, 0.25) is 0 Å². The summed E-state index contributed by atoms with van der Waals surface area (Å²) in [6.07, 6.45) is 3.25. The van der Waals surface area contributed by atoms with Crippen LogP contribution in [0.4, 0.5) is 0 Å². The zero-order valence-electron chi connectivity index (χ0n) is 12.0. The summed E-state index contributed by atoms with van der Waals surface area (Å²) in [5.74, 6) is 0.674. The van der Waals surface area contributed by atoms with Gasteiger partial charge in [-0.15, -0.1) is 0 Å². The van der Waals surface area contributed by atoms with Crippen LogP contribution in [-0.4, -0.2) is 36.1 Å². The van der Waals surface area contributed by atoms with Gasteiger partial charge >= 0.3 is 0 Å². The highest BCUT2D eigenvalue weighted by atomic mass is 15.2. The summed E-state index contributed by atoms with van der Waals surface area (Å²) in [5, 5.41) is 3.33. The molecule has 0 spiro atoms. The maximum Gasteiger partial charge on any atom is 0.0579 e. The van der Waals surface area contributed by atoms with Crippen molar-refractivity contribution in [1.82, 2.24) is 15.2 Å². The Bertz CT molecular complexity index is 372. The molecule has 100 valence electrons. The molecular weight excluding hydrogens is 222 g/mol. The number of likely N-dealkylation sites (tertiary alicyclic amines) is 1. The van der Waals surface area contributed by atoms with Crippen molar-refractivity contribution in [2.45, 2.75) is 39.3 Å². The lowest BCUT2D eigenvalue weighted by Gasteiger charge is -2.31. The van der Waals surface area contributed by atoms with Gasteiger partial charge in [0, 0.05) is 12.2 Å². The van der Waals surface area contributed by atoms with E-state index in [0.717, 1.165) is 6.54 Å². The molecule has 2 unspecified atom stereocenters. The molecule has 1 aromatic heterocycles. The average molecular weight is 247 g/mol. The summed E-state index contributed by atoms with van der Waals surface area (Å²) < 4.78 is 0. The predicted octanol–water partition coefficient (Wildman–Crippen LogP) is 2.38. The van der Waals surface area contributed by atoms with E-state index in [2.05, 4.69) is 48.1 Å². The van der Waals surface area contributed by atoms with Gasteiger partial charge in [-0.05, 0) is 64.9 Å². The van der Waals surface area contributed by atoms with E-state index in [4.69, 9.17) is 0 Å². The SMILES string of the molecule is CNCC1CCN(C(C)C)C1c1ccc(C)cn1. The summed E-state index contributed by atoms with van der Waals surface area (Å²) in [6.45, 7) is 8.91. The number of hydrogen-bond donors (Lipinski definition) is 1. The van der Waals surface area contributed by atoms with Crippen molar-refractivity contribution in [2.24, 2.45) is 5.92 Å². The molecule has 3 heteroatoms. The Balaban J connectivity index is 2.25. The first-order chi connectivity index (χ1) is 8.63. The Morgan fingerprint density at radius 2 is 2.22 bits per heavy atom. The molecule has 1 N–H and O–H groups in total. The van der Waals surface area contributed by atoms with E-state index in [1.807, 2.05) is 13.2 Å². The zero-order valence-corrected chi connectivity index (χ0v) is 12.0. The summed E-state index contributed by atoms with van der Waals surface area (Å²) in [6, 6.07) is 5.43. The molecule has 2 heterocycles. The van der Waals surface area contributed by atoms with Gasteiger partial charge in [0.1, 0.15) is 0 Å². The maximum atomic E-state index is 4.66. The lowest BCUT2D eigenvalue weighted by atomic mass is 9.96. The number of nitrogens with one attached hydrogen (secondary N) is 1. The lowest BCUT2D eigenvalue weighted by Crippen LogP contribution is -2.34. The van der Waals surface area contributed by atoms with E-state index < -0.39 is 0 Å². The fraction of sp³-hybridized carbons (Fsp3) is 0.667. The fourth-order valence-corrected chi connectivity index (χ4v) is 3.00. The topological polar surface area (TPSA) is 28.2 Å². The van der Waals surface area contributed by atoms with Crippen LogP contribution >= 0.6 is 0 Å². The van der Waals surface area contributed by atoms with Crippen LogP contribution in [0.25, 0.3) is 0 Å². The van der Waals surface area contributed by atoms with Crippen LogP contribution in [0.3, 0.4) is 0 Å². The van der Waals surface area contributed by atoms with E-state index in [-0.39, 0.29) is 0 Å². The molecule has 2 rings (SSSR count). The second-order valence-corrected chi connectivity index (χ2v) is 5.64. The second-order valence-electron chi connectivity index (χ2n) is 5.64. The molecule has 1 aliphatic rings. The number of pyridine rings is 1. The Labute approximate surface area is 111 Å². The van der Waals surface area contributed by atoms with Crippen LogP contribution in [0.1, 0.15) is 37.6 Å². The monoisotopic (exact) mass is 247 g/mol. The van der Waals surface area contributed by atoms with Gasteiger partial charge in [-0.2, -0.15) is 0 Å². The molecule has 1 aromatic rings. The van der Waals surface area contributed by atoms with Gasteiger partial charge in [-0.1, -0.05) is 6.07 Å². The largest absolute Gasteiger partial charge is 0.319 e. The van der Waals surface area contributed by atoms with Gasteiger partial charge in [0.2, 0.25) is 0 Å². The van der Waals surface area contributed by atoms with E-state index in [1.165, 1.54) is 24.2 Å². The van der Waals surface area contributed by atoms with Crippen molar-refractivity contribution < 1.29 is 0 Å². The van der Waals surface area contributed by atoms with Crippen LogP contribution in [0, 0.1) is 12.8 Å². The van der Waals surface area contributed by atoms with Crippen LogP contribution in [-0.2, 0) is 0 Å². The number of rotatable bonds is 4. The minimum Gasteiger partial charge on any atom is -0.319 e. The molecule has 0 saturated carbocycles. The highest BCUT2D eigenvalue weighted by Gasteiger charge is 2.36. The predicted molar refractivity (Wildman–Crippen MR) is 75.6 cm³/mol. The molecule has 0 amide bonds. The molecule has 2 atom stereocenters.